The Hall–Kier alpha value is -0.860. The fourth-order valence-electron chi connectivity index (χ4n) is 1.84. The van der Waals surface area contributed by atoms with Gasteiger partial charge in [-0.25, -0.2) is 0 Å². The summed E-state index contributed by atoms with van der Waals surface area (Å²) in [5.41, 5.74) is 2.64. The van der Waals surface area contributed by atoms with Gasteiger partial charge in [-0.05, 0) is 46.1 Å². The molecule has 0 radical (unpaired) electrons. The van der Waals surface area contributed by atoms with E-state index >= 15 is 0 Å². The molecule has 0 aliphatic rings. The van der Waals surface area contributed by atoms with Gasteiger partial charge in [0.25, 0.3) is 0 Å². The van der Waals surface area contributed by atoms with E-state index in [9.17, 15) is 0 Å². The Morgan fingerprint density at radius 3 is 2.05 bits per heavy atom. The molecule has 2 unspecified atom stereocenters. The van der Waals surface area contributed by atoms with Crippen molar-refractivity contribution in [2.75, 3.05) is 6.54 Å². The van der Waals surface area contributed by atoms with E-state index in [2.05, 4.69) is 78.0 Å². The Morgan fingerprint density at radius 2 is 1.60 bits per heavy atom. The van der Waals surface area contributed by atoms with Crippen molar-refractivity contribution < 1.29 is 4.74 Å². The minimum absolute atomic E-state index is 0.104. The Labute approximate surface area is 124 Å². The van der Waals surface area contributed by atoms with Gasteiger partial charge in [0.2, 0.25) is 0 Å². The minimum Gasteiger partial charge on any atom is -0.369 e. The maximum Gasteiger partial charge on any atom is 0.0953 e. The van der Waals surface area contributed by atoms with Gasteiger partial charge in [0.05, 0.1) is 12.2 Å². The lowest BCUT2D eigenvalue weighted by Gasteiger charge is -2.29. The summed E-state index contributed by atoms with van der Waals surface area (Å²) in [5, 5.41) is 3.55. The molecule has 0 aromatic heterocycles. The van der Waals surface area contributed by atoms with Crippen LogP contribution in [0.5, 0.6) is 0 Å². The van der Waals surface area contributed by atoms with Crippen molar-refractivity contribution in [3.8, 4) is 0 Å². The summed E-state index contributed by atoms with van der Waals surface area (Å²) in [6.07, 6.45) is 0.357. The van der Waals surface area contributed by atoms with E-state index in [1.54, 1.807) is 0 Å². The highest BCUT2D eigenvalue weighted by Crippen LogP contribution is 2.22. The van der Waals surface area contributed by atoms with Crippen LogP contribution in [-0.2, 0) is 4.74 Å². The van der Waals surface area contributed by atoms with E-state index in [-0.39, 0.29) is 17.7 Å². The summed E-state index contributed by atoms with van der Waals surface area (Å²) in [5.74, 6) is 0.526. The number of aryl methyl sites for hydroxylation is 1. The summed E-state index contributed by atoms with van der Waals surface area (Å²) in [6, 6.07) is 8.67. The molecule has 0 fully saturated rings. The average molecular weight is 277 g/mol. The lowest BCUT2D eigenvalue weighted by atomic mass is 10.0. The number of nitrogens with one attached hydrogen (secondary N) is 1. The van der Waals surface area contributed by atoms with Crippen LogP contribution < -0.4 is 5.32 Å². The Morgan fingerprint density at radius 1 is 1.05 bits per heavy atom. The lowest BCUT2D eigenvalue weighted by molar-refractivity contribution is -0.0282. The Kier molecular flexibility index (Phi) is 6.22. The molecular formula is C18H31NO. The largest absolute Gasteiger partial charge is 0.369 e. The molecule has 0 spiro atoms. The fraction of sp³-hybridized carbons (Fsp3) is 0.667. The molecule has 0 aliphatic heterocycles. The molecule has 0 saturated heterocycles. The molecule has 0 amide bonds. The highest BCUT2D eigenvalue weighted by molar-refractivity contribution is 5.23. The molecule has 2 atom stereocenters. The third-order valence-electron chi connectivity index (χ3n) is 3.58. The van der Waals surface area contributed by atoms with Crippen molar-refractivity contribution in [1.29, 1.82) is 0 Å². The minimum atomic E-state index is 0.104. The van der Waals surface area contributed by atoms with E-state index < -0.39 is 0 Å². The van der Waals surface area contributed by atoms with Gasteiger partial charge < -0.3 is 10.1 Å². The molecule has 20 heavy (non-hydrogen) atoms. The smallest absolute Gasteiger partial charge is 0.0953 e. The third kappa shape index (κ3) is 6.06. The molecule has 0 aliphatic carbocycles. The predicted molar refractivity (Wildman–Crippen MR) is 87.1 cm³/mol. The van der Waals surface area contributed by atoms with Crippen LogP contribution in [0.25, 0.3) is 0 Å². The zero-order valence-electron chi connectivity index (χ0n) is 14.2. The summed E-state index contributed by atoms with van der Waals surface area (Å²) < 4.78 is 6.27. The van der Waals surface area contributed by atoms with Gasteiger partial charge in [0, 0.05) is 12.1 Å². The summed E-state index contributed by atoms with van der Waals surface area (Å²) in [4.78, 5) is 0. The zero-order valence-corrected chi connectivity index (χ0v) is 14.2. The molecule has 0 saturated carbocycles. The Balaban J connectivity index is 2.80. The van der Waals surface area contributed by atoms with Crippen LogP contribution in [0.15, 0.2) is 24.3 Å². The summed E-state index contributed by atoms with van der Waals surface area (Å²) in [6.45, 7) is 16.1. The first-order valence-electron chi connectivity index (χ1n) is 7.66. The standard InChI is InChI=1S/C18H31NO/c1-13(2)15(4)20-17(12-19-18(5,6)7)16-10-8-14(3)9-11-16/h8-11,13,15,17,19H,12H2,1-7H3. The van der Waals surface area contributed by atoms with Crippen LogP contribution in [0.2, 0.25) is 0 Å². The zero-order chi connectivity index (χ0) is 15.3. The van der Waals surface area contributed by atoms with E-state index in [4.69, 9.17) is 4.74 Å². The molecule has 1 aromatic carbocycles. The number of hydrogen-bond donors (Lipinski definition) is 1. The van der Waals surface area contributed by atoms with Crippen molar-refractivity contribution >= 4 is 0 Å². The molecule has 0 heterocycles. The van der Waals surface area contributed by atoms with Crippen molar-refractivity contribution in [3.63, 3.8) is 0 Å². The van der Waals surface area contributed by atoms with Crippen molar-refractivity contribution in [1.82, 2.24) is 5.32 Å². The van der Waals surface area contributed by atoms with Gasteiger partial charge in [0.1, 0.15) is 0 Å². The van der Waals surface area contributed by atoms with Crippen LogP contribution in [0.3, 0.4) is 0 Å². The fourth-order valence-corrected chi connectivity index (χ4v) is 1.84. The van der Waals surface area contributed by atoms with E-state index in [1.165, 1.54) is 11.1 Å². The van der Waals surface area contributed by atoms with Gasteiger partial charge in [-0.2, -0.15) is 0 Å². The number of hydrogen-bond acceptors (Lipinski definition) is 2. The molecule has 1 aromatic rings. The van der Waals surface area contributed by atoms with Gasteiger partial charge in [-0.3, -0.25) is 0 Å². The monoisotopic (exact) mass is 277 g/mol. The highest BCUT2D eigenvalue weighted by Gasteiger charge is 2.20. The van der Waals surface area contributed by atoms with Crippen LogP contribution >= 0.6 is 0 Å². The van der Waals surface area contributed by atoms with Gasteiger partial charge in [-0.15, -0.1) is 0 Å². The number of ether oxygens (including phenoxy) is 1. The third-order valence-corrected chi connectivity index (χ3v) is 3.58. The van der Waals surface area contributed by atoms with E-state index in [0.717, 1.165) is 6.54 Å². The Bertz CT molecular complexity index is 389. The van der Waals surface area contributed by atoms with Crippen molar-refractivity contribution in [3.05, 3.63) is 35.4 Å². The molecule has 1 N–H and O–H groups in total. The van der Waals surface area contributed by atoms with Gasteiger partial charge in [-0.1, -0.05) is 43.7 Å². The molecule has 1 rings (SSSR count). The molecule has 2 nitrogen and oxygen atoms in total. The maximum atomic E-state index is 6.27. The second-order valence-corrected chi connectivity index (χ2v) is 7.12. The average Bonchev–Trinajstić information content (AvgIpc) is 2.34. The van der Waals surface area contributed by atoms with Crippen LogP contribution in [0, 0.1) is 12.8 Å². The first-order chi connectivity index (χ1) is 9.19. The first kappa shape index (κ1) is 17.2. The van der Waals surface area contributed by atoms with Crippen molar-refractivity contribution in [2.24, 2.45) is 5.92 Å². The molecular weight excluding hydrogens is 246 g/mol. The van der Waals surface area contributed by atoms with Gasteiger partial charge >= 0.3 is 0 Å². The van der Waals surface area contributed by atoms with Crippen LogP contribution in [0.4, 0.5) is 0 Å². The quantitative estimate of drug-likeness (QED) is 0.827. The van der Waals surface area contributed by atoms with E-state index in [1.807, 2.05) is 0 Å². The topological polar surface area (TPSA) is 21.3 Å². The highest BCUT2D eigenvalue weighted by atomic mass is 16.5. The van der Waals surface area contributed by atoms with Crippen LogP contribution in [-0.4, -0.2) is 18.2 Å². The molecule has 2 heteroatoms. The number of rotatable bonds is 6. The van der Waals surface area contributed by atoms with Crippen LogP contribution in [0.1, 0.15) is 58.8 Å². The van der Waals surface area contributed by atoms with Gasteiger partial charge in [0.15, 0.2) is 0 Å². The second kappa shape index (κ2) is 7.24. The normalized spacial score (nSPS) is 15.4. The van der Waals surface area contributed by atoms with Crippen molar-refractivity contribution in [2.45, 2.75) is 66.2 Å². The van der Waals surface area contributed by atoms with E-state index in [0.29, 0.717) is 5.92 Å². The molecule has 0 bridgehead atoms. The first-order valence-corrected chi connectivity index (χ1v) is 7.66. The maximum absolute atomic E-state index is 6.27. The SMILES string of the molecule is Cc1ccc(C(CNC(C)(C)C)OC(C)C(C)C)cc1. The lowest BCUT2D eigenvalue weighted by Crippen LogP contribution is -2.39. The summed E-state index contributed by atoms with van der Waals surface area (Å²) >= 11 is 0. The summed E-state index contributed by atoms with van der Waals surface area (Å²) in [7, 11) is 0. The second-order valence-electron chi connectivity index (χ2n) is 7.12. The molecule has 114 valence electrons. The number of benzene rings is 1. The predicted octanol–water partition coefficient (Wildman–Crippen LogP) is 4.49.